The zero-order valence-electron chi connectivity index (χ0n) is 4.00. The molecule has 0 aliphatic carbocycles. The summed E-state index contributed by atoms with van der Waals surface area (Å²) in [5.41, 5.74) is 0. The van der Waals surface area contributed by atoms with E-state index < -0.39 is 31.1 Å². The second-order valence-electron chi connectivity index (χ2n) is 1.17. The van der Waals surface area contributed by atoms with Crippen LogP contribution in [0.25, 0.3) is 0 Å². The summed E-state index contributed by atoms with van der Waals surface area (Å²) in [6, 6.07) is 0. The van der Waals surface area contributed by atoms with Crippen molar-refractivity contribution in [2.45, 2.75) is 17.3 Å². The number of hydrogen-bond acceptors (Lipinski definition) is 0. The summed E-state index contributed by atoms with van der Waals surface area (Å²) in [5.74, 6) is 0. The Balaban J connectivity index is 3.33. The molecule has 7 heavy (non-hydrogen) atoms. The lowest BCUT2D eigenvalue weighted by molar-refractivity contribution is 0.155. The zero-order chi connectivity index (χ0) is 5.86. The number of alkyl halides is 3. The SMILES string of the molecule is C=I[C@H](C)C(F)F. The van der Waals surface area contributed by atoms with Crippen LogP contribution in [0.5, 0.6) is 0 Å². The van der Waals surface area contributed by atoms with E-state index in [0.717, 1.165) is 0 Å². The van der Waals surface area contributed by atoms with Crippen LogP contribution in [0.2, 0.25) is 0 Å². The first-order valence-corrected chi connectivity index (χ1v) is 4.60. The summed E-state index contributed by atoms with van der Waals surface area (Å²) in [4.78, 5) is 0. The number of hydrogen-bond donors (Lipinski definition) is 0. The van der Waals surface area contributed by atoms with E-state index in [0.29, 0.717) is 0 Å². The molecule has 0 aromatic rings. The molecule has 0 fully saturated rings. The van der Waals surface area contributed by atoms with Gasteiger partial charge in [-0.15, -0.1) is 20.7 Å². The fourth-order valence-electron chi connectivity index (χ4n) is 0.0673. The minimum Gasteiger partial charge on any atom is -0.209 e. The van der Waals surface area contributed by atoms with Crippen molar-refractivity contribution in [2.24, 2.45) is 0 Å². The summed E-state index contributed by atoms with van der Waals surface area (Å²) in [6.45, 7) is 1.53. The number of rotatable bonds is 2. The molecule has 0 nitrogen and oxygen atoms in total. The quantitative estimate of drug-likeness (QED) is 0.493. The predicted molar refractivity (Wildman–Crippen MR) is 36.6 cm³/mol. The van der Waals surface area contributed by atoms with Crippen LogP contribution >= 0.6 is 20.7 Å². The Hall–Kier alpha value is 0.460. The highest BCUT2D eigenvalue weighted by Crippen LogP contribution is 2.13. The van der Waals surface area contributed by atoms with Gasteiger partial charge in [0.15, 0.2) is 0 Å². The molecule has 0 rings (SSSR count). The van der Waals surface area contributed by atoms with Gasteiger partial charge in [-0.1, -0.05) is 4.51 Å². The Labute approximate surface area is 51.7 Å². The van der Waals surface area contributed by atoms with Crippen molar-refractivity contribution in [3.05, 3.63) is 0 Å². The first kappa shape index (κ1) is 7.46. The lowest BCUT2D eigenvalue weighted by Gasteiger charge is -1.98. The summed E-state index contributed by atoms with van der Waals surface area (Å²) in [6.07, 6.45) is -2.15. The summed E-state index contributed by atoms with van der Waals surface area (Å²) in [7, 11) is 0. The lowest BCUT2D eigenvalue weighted by Crippen LogP contribution is -2.03. The third-order valence-corrected chi connectivity index (χ3v) is 2.52. The van der Waals surface area contributed by atoms with Gasteiger partial charge < -0.3 is 0 Å². The molecule has 44 valence electrons. The van der Waals surface area contributed by atoms with Gasteiger partial charge in [0, 0.05) is 0 Å². The molecule has 0 N–H and O–H groups in total. The third-order valence-electron chi connectivity index (χ3n) is 0.591. The van der Waals surface area contributed by atoms with E-state index in [1.807, 2.05) is 0 Å². The molecule has 0 aromatic carbocycles. The molecule has 0 heterocycles. The minimum absolute atomic E-state index is 0.432. The Morgan fingerprint density at radius 1 is 1.57 bits per heavy atom. The van der Waals surface area contributed by atoms with E-state index >= 15 is 0 Å². The smallest absolute Gasteiger partial charge is 0.209 e. The maximum absolute atomic E-state index is 11.4. The molecular formula is C4H7F2I. The van der Waals surface area contributed by atoms with Gasteiger partial charge in [-0.25, -0.2) is 8.78 Å². The monoisotopic (exact) mass is 220 g/mol. The van der Waals surface area contributed by atoms with Crippen LogP contribution in [0, 0.1) is 0 Å². The van der Waals surface area contributed by atoms with Crippen molar-refractivity contribution in [3.8, 4) is 0 Å². The maximum atomic E-state index is 11.4. The van der Waals surface area contributed by atoms with Crippen molar-refractivity contribution in [3.63, 3.8) is 0 Å². The van der Waals surface area contributed by atoms with E-state index in [1.54, 1.807) is 0 Å². The van der Waals surface area contributed by atoms with Crippen LogP contribution < -0.4 is 0 Å². The van der Waals surface area contributed by atoms with Gasteiger partial charge in [0.05, 0.1) is 3.92 Å². The topological polar surface area (TPSA) is 0 Å². The van der Waals surface area contributed by atoms with Gasteiger partial charge in [-0.05, 0) is 6.92 Å². The average Bonchev–Trinajstić information content (AvgIpc) is 1.65. The van der Waals surface area contributed by atoms with Crippen molar-refractivity contribution >= 4 is 25.2 Å². The maximum Gasteiger partial charge on any atom is 0.249 e. The first-order chi connectivity index (χ1) is 3.18. The largest absolute Gasteiger partial charge is 0.249 e. The van der Waals surface area contributed by atoms with E-state index in [2.05, 4.69) is 4.51 Å². The van der Waals surface area contributed by atoms with E-state index in [-0.39, 0.29) is 0 Å². The van der Waals surface area contributed by atoms with Crippen LogP contribution in [-0.4, -0.2) is 14.9 Å². The summed E-state index contributed by atoms with van der Waals surface area (Å²) < 4.78 is 25.8. The molecule has 0 bridgehead atoms. The van der Waals surface area contributed by atoms with Gasteiger partial charge >= 0.3 is 0 Å². The Morgan fingerprint density at radius 2 is 2.00 bits per heavy atom. The Bertz CT molecular complexity index is 62.7. The molecule has 0 saturated carbocycles. The highest BCUT2D eigenvalue weighted by Gasteiger charge is 2.08. The molecule has 0 saturated heterocycles. The lowest BCUT2D eigenvalue weighted by atomic mass is 10.5. The van der Waals surface area contributed by atoms with Crippen LogP contribution in [0.3, 0.4) is 0 Å². The van der Waals surface area contributed by atoms with Crippen LogP contribution in [0.1, 0.15) is 6.92 Å². The second-order valence-corrected chi connectivity index (χ2v) is 4.01. The van der Waals surface area contributed by atoms with Gasteiger partial charge in [0.1, 0.15) is 0 Å². The Morgan fingerprint density at radius 3 is 2.00 bits per heavy atom. The van der Waals surface area contributed by atoms with Crippen molar-refractivity contribution in [1.82, 2.24) is 0 Å². The molecule has 0 aliphatic rings. The highest BCUT2D eigenvalue weighted by atomic mass is 127. The molecule has 0 aliphatic heterocycles. The molecule has 0 unspecified atom stereocenters. The molecular weight excluding hydrogens is 213 g/mol. The molecule has 0 spiro atoms. The zero-order valence-corrected chi connectivity index (χ0v) is 6.15. The first-order valence-electron chi connectivity index (χ1n) is 1.83. The third kappa shape index (κ3) is 3.08. The molecule has 0 radical (unpaired) electrons. The van der Waals surface area contributed by atoms with Crippen LogP contribution in [0.15, 0.2) is 0 Å². The normalized spacial score (nSPS) is 14.9. The fraction of sp³-hybridized carbons (Fsp3) is 0.750. The standard InChI is InChI=1S/C4H7F2I/c1-3(7-2)4(5)6/h3-4H,2H2,1H3/t3-/m1/s1. The van der Waals surface area contributed by atoms with Gasteiger partial charge in [0.2, 0.25) is 6.43 Å². The summed E-state index contributed by atoms with van der Waals surface area (Å²) in [5, 5.41) is 0. The van der Waals surface area contributed by atoms with E-state index in [4.69, 9.17) is 0 Å². The molecule has 0 aromatic heterocycles. The van der Waals surface area contributed by atoms with Crippen molar-refractivity contribution in [2.75, 3.05) is 0 Å². The molecule has 1 atom stereocenters. The highest BCUT2D eigenvalue weighted by molar-refractivity contribution is 14.2. The molecule has 0 amide bonds. The Kier molecular flexibility index (Phi) is 3.69. The predicted octanol–water partition coefficient (Wildman–Crippen LogP) is 2.04. The van der Waals surface area contributed by atoms with Gasteiger partial charge in [-0.2, -0.15) is 0 Å². The minimum atomic E-state index is -2.15. The summed E-state index contributed by atoms with van der Waals surface area (Å²) >= 11 is -0.496. The average molecular weight is 220 g/mol. The van der Waals surface area contributed by atoms with E-state index in [1.165, 1.54) is 6.92 Å². The van der Waals surface area contributed by atoms with E-state index in [9.17, 15) is 8.78 Å². The van der Waals surface area contributed by atoms with Crippen molar-refractivity contribution < 1.29 is 8.78 Å². The fourth-order valence-corrected chi connectivity index (χ4v) is 0.452. The van der Waals surface area contributed by atoms with Crippen molar-refractivity contribution in [1.29, 1.82) is 0 Å². The second kappa shape index (κ2) is 3.46. The van der Waals surface area contributed by atoms with Gasteiger partial charge in [-0.3, -0.25) is 0 Å². The van der Waals surface area contributed by atoms with Crippen LogP contribution in [0.4, 0.5) is 8.78 Å². The van der Waals surface area contributed by atoms with Crippen LogP contribution in [-0.2, 0) is 0 Å². The molecule has 3 heteroatoms. The number of halogens is 3. The van der Waals surface area contributed by atoms with Gasteiger partial charge in [0.25, 0.3) is 0 Å².